The standard InChI is InChI=1S/C12H8N4O2/c17-12(18)9-11-14-5-2-6-16(11)10(15-9)8-3-1-4-13-7-8/h1-7H,(H,17,18). The summed E-state index contributed by atoms with van der Waals surface area (Å²) in [5.41, 5.74) is 1.01. The summed E-state index contributed by atoms with van der Waals surface area (Å²) in [6, 6.07) is 5.31. The van der Waals surface area contributed by atoms with E-state index in [1.165, 1.54) is 6.20 Å². The highest BCUT2D eigenvalue weighted by atomic mass is 16.4. The molecule has 1 N–H and O–H groups in total. The minimum Gasteiger partial charge on any atom is -0.476 e. The van der Waals surface area contributed by atoms with Gasteiger partial charge in [-0.05, 0) is 18.2 Å². The fourth-order valence-electron chi connectivity index (χ4n) is 1.77. The van der Waals surface area contributed by atoms with Crippen molar-refractivity contribution in [3.63, 3.8) is 0 Å². The second-order valence-electron chi connectivity index (χ2n) is 3.64. The average Bonchev–Trinajstić information content (AvgIpc) is 2.79. The summed E-state index contributed by atoms with van der Waals surface area (Å²) >= 11 is 0. The SMILES string of the molecule is O=C(O)c1nc(-c2cccnc2)n2cccnc12. The summed E-state index contributed by atoms with van der Waals surface area (Å²) < 4.78 is 1.64. The van der Waals surface area contributed by atoms with Crippen molar-refractivity contribution in [2.24, 2.45) is 0 Å². The lowest BCUT2D eigenvalue weighted by molar-refractivity contribution is 0.0693. The van der Waals surface area contributed by atoms with Crippen LogP contribution in [0, 0.1) is 0 Å². The molecular formula is C12H8N4O2. The Balaban J connectivity index is 2.34. The lowest BCUT2D eigenvalue weighted by Gasteiger charge is -1.98. The van der Waals surface area contributed by atoms with Crippen LogP contribution in [0.1, 0.15) is 10.5 Å². The number of pyridine rings is 1. The quantitative estimate of drug-likeness (QED) is 0.734. The second-order valence-corrected chi connectivity index (χ2v) is 3.64. The molecule has 0 fully saturated rings. The molecule has 0 aliphatic carbocycles. The zero-order valence-electron chi connectivity index (χ0n) is 9.19. The van der Waals surface area contributed by atoms with Crippen molar-refractivity contribution >= 4 is 11.6 Å². The van der Waals surface area contributed by atoms with Crippen LogP contribution >= 0.6 is 0 Å². The third-order valence-electron chi connectivity index (χ3n) is 2.53. The lowest BCUT2D eigenvalue weighted by atomic mass is 10.3. The molecule has 0 saturated carbocycles. The monoisotopic (exact) mass is 240 g/mol. The molecule has 0 aromatic carbocycles. The number of nitrogens with zero attached hydrogens (tertiary/aromatic N) is 4. The van der Waals surface area contributed by atoms with Gasteiger partial charge in [-0.1, -0.05) is 0 Å². The second kappa shape index (κ2) is 3.92. The third-order valence-corrected chi connectivity index (χ3v) is 2.53. The first-order chi connectivity index (χ1) is 8.77. The first-order valence-electron chi connectivity index (χ1n) is 5.24. The molecule has 0 saturated heterocycles. The van der Waals surface area contributed by atoms with Gasteiger partial charge in [0, 0.05) is 30.4 Å². The minimum absolute atomic E-state index is 0.0607. The number of carbonyl (C=O) groups is 1. The van der Waals surface area contributed by atoms with Crippen LogP contribution in [0.2, 0.25) is 0 Å². The molecule has 0 atom stereocenters. The molecule has 3 aromatic rings. The van der Waals surface area contributed by atoms with E-state index in [0.717, 1.165) is 5.56 Å². The van der Waals surface area contributed by atoms with E-state index in [4.69, 9.17) is 5.11 Å². The number of fused-ring (bicyclic) bond motifs is 1. The Hall–Kier alpha value is -2.76. The van der Waals surface area contributed by atoms with E-state index in [1.54, 1.807) is 35.1 Å². The zero-order valence-corrected chi connectivity index (χ0v) is 9.19. The molecule has 0 aliphatic rings. The van der Waals surface area contributed by atoms with Crippen LogP contribution in [-0.2, 0) is 0 Å². The number of aromatic nitrogens is 4. The molecule has 0 bridgehead atoms. The molecule has 0 radical (unpaired) electrons. The van der Waals surface area contributed by atoms with Crippen LogP contribution in [0.15, 0.2) is 43.0 Å². The number of hydrogen-bond acceptors (Lipinski definition) is 4. The summed E-state index contributed by atoms with van der Waals surface area (Å²) in [5.74, 6) is -0.579. The van der Waals surface area contributed by atoms with E-state index in [0.29, 0.717) is 11.5 Å². The van der Waals surface area contributed by atoms with Crippen LogP contribution in [0.4, 0.5) is 0 Å². The molecule has 3 rings (SSSR count). The zero-order chi connectivity index (χ0) is 12.5. The van der Waals surface area contributed by atoms with E-state index >= 15 is 0 Å². The molecule has 0 amide bonds. The van der Waals surface area contributed by atoms with Gasteiger partial charge in [0.25, 0.3) is 0 Å². The van der Waals surface area contributed by atoms with Crippen molar-refractivity contribution in [2.45, 2.75) is 0 Å². The minimum atomic E-state index is -1.10. The first kappa shape index (κ1) is 10.4. The fourth-order valence-corrected chi connectivity index (χ4v) is 1.77. The highest BCUT2D eigenvalue weighted by Crippen LogP contribution is 2.20. The van der Waals surface area contributed by atoms with Crippen LogP contribution in [0.3, 0.4) is 0 Å². The summed E-state index contributed by atoms with van der Waals surface area (Å²) in [4.78, 5) is 23.3. The Labute approximate surface area is 102 Å². The van der Waals surface area contributed by atoms with E-state index in [9.17, 15) is 4.79 Å². The molecule has 3 heterocycles. The number of imidazole rings is 1. The number of aromatic carboxylic acids is 1. The van der Waals surface area contributed by atoms with Crippen molar-refractivity contribution in [3.8, 4) is 11.4 Å². The van der Waals surface area contributed by atoms with Crippen LogP contribution in [0.5, 0.6) is 0 Å². The summed E-state index contributed by atoms with van der Waals surface area (Å²) in [6.45, 7) is 0. The fraction of sp³-hybridized carbons (Fsp3) is 0. The molecule has 6 nitrogen and oxygen atoms in total. The van der Waals surface area contributed by atoms with Gasteiger partial charge in [-0.15, -0.1) is 0 Å². The van der Waals surface area contributed by atoms with Gasteiger partial charge in [-0.3, -0.25) is 9.38 Å². The van der Waals surface area contributed by atoms with Gasteiger partial charge in [0.15, 0.2) is 11.3 Å². The maximum atomic E-state index is 11.1. The Morgan fingerprint density at radius 3 is 2.89 bits per heavy atom. The van der Waals surface area contributed by atoms with Crippen LogP contribution < -0.4 is 0 Å². The number of carboxylic acids is 1. The molecule has 18 heavy (non-hydrogen) atoms. The van der Waals surface area contributed by atoms with Gasteiger partial charge < -0.3 is 5.11 Å². The Bertz CT molecular complexity index is 721. The summed E-state index contributed by atoms with van der Waals surface area (Å²) in [6.07, 6.45) is 6.55. The van der Waals surface area contributed by atoms with Crippen molar-refractivity contribution in [1.29, 1.82) is 0 Å². The Morgan fingerprint density at radius 2 is 2.17 bits per heavy atom. The number of rotatable bonds is 2. The van der Waals surface area contributed by atoms with Crippen LogP contribution in [0.25, 0.3) is 17.0 Å². The number of carboxylic acid groups (broad SMARTS) is 1. The predicted octanol–water partition coefficient (Wildman–Crippen LogP) is 1.49. The van der Waals surface area contributed by atoms with Crippen molar-refractivity contribution in [3.05, 3.63) is 48.7 Å². The molecule has 0 aliphatic heterocycles. The summed E-state index contributed by atoms with van der Waals surface area (Å²) in [5, 5.41) is 9.11. The first-order valence-corrected chi connectivity index (χ1v) is 5.24. The Kier molecular flexibility index (Phi) is 2.26. The van der Waals surface area contributed by atoms with Gasteiger partial charge >= 0.3 is 5.97 Å². The van der Waals surface area contributed by atoms with Gasteiger partial charge in [0.1, 0.15) is 5.82 Å². The molecule has 3 aromatic heterocycles. The van der Waals surface area contributed by atoms with E-state index < -0.39 is 5.97 Å². The lowest BCUT2D eigenvalue weighted by Crippen LogP contribution is -1.98. The molecule has 0 spiro atoms. The van der Waals surface area contributed by atoms with E-state index in [-0.39, 0.29) is 5.69 Å². The smallest absolute Gasteiger partial charge is 0.358 e. The third kappa shape index (κ3) is 1.51. The number of hydrogen-bond donors (Lipinski definition) is 1. The Morgan fingerprint density at radius 1 is 1.28 bits per heavy atom. The molecule has 88 valence electrons. The predicted molar refractivity (Wildman–Crippen MR) is 63.2 cm³/mol. The topological polar surface area (TPSA) is 80.4 Å². The highest BCUT2D eigenvalue weighted by Gasteiger charge is 2.18. The molecular weight excluding hydrogens is 232 g/mol. The largest absolute Gasteiger partial charge is 0.476 e. The normalized spacial score (nSPS) is 10.7. The van der Waals surface area contributed by atoms with E-state index in [1.807, 2.05) is 6.07 Å². The van der Waals surface area contributed by atoms with Crippen LogP contribution in [-0.4, -0.2) is 30.4 Å². The maximum Gasteiger partial charge on any atom is 0.358 e. The van der Waals surface area contributed by atoms with Gasteiger partial charge in [0.2, 0.25) is 0 Å². The van der Waals surface area contributed by atoms with Gasteiger partial charge in [0.05, 0.1) is 0 Å². The highest BCUT2D eigenvalue weighted by molar-refractivity contribution is 5.93. The van der Waals surface area contributed by atoms with Crippen molar-refractivity contribution in [2.75, 3.05) is 0 Å². The van der Waals surface area contributed by atoms with Gasteiger partial charge in [-0.25, -0.2) is 14.8 Å². The van der Waals surface area contributed by atoms with E-state index in [2.05, 4.69) is 15.0 Å². The molecule has 0 unspecified atom stereocenters. The average molecular weight is 240 g/mol. The van der Waals surface area contributed by atoms with Gasteiger partial charge in [-0.2, -0.15) is 0 Å². The summed E-state index contributed by atoms with van der Waals surface area (Å²) in [7, 11) is 0. The van der Waals surface area contributed by atoms with Crippen molar-refractivity contribution < 1.29 is 9.90 Å². The maximum absolute atomic E-state index is 11.1. The molecule has 6 heteroatoms. The van der Waals surface area contributed by atoms with Crippen molar-refractivity contribution in [1.82, 2.24) is 19.4 Å².